The van der Waals surface area contributed by atoms with E-state index in [9.17, 15) is 10.1 Å². The molecule has 0 spiro atoms. The Balaban J connectivity index is 1.36. The van der Waals surface area contributed by atoms with Crippen LogP contribution in [0.5, 0.6) is 0 Å². The Morgan fingerprint density at radius 3 is 0.902 bits per heavy atom. The number of nitro benzene ring substituents is 1. The molecule has 240 valence electrons. The van der Waals surface area contributed by atoms with Crippen LogP contribution in [-0.4, -0.2) is 27.8 Å². The second-order valence-corrected chi connectivity index (χ2v) is 12.3. The monoisotopic (exact) mass is 657 g/mol. The predicted octanol–water partition coefficient (Wildman–Crippen LogP) is 9.60. The summed E-state index contributed by atoms with van der Waals surface area (Å²) in [5.74, 6) is 0. The quantitative estimate of drug-likeness (QED) is 0.158. The Kier molecular flexibility index (Phi) is 7.29. The molecular formula is C44H27N5O2. The molecule has 0 unspecified atom stereocenters. The lowest BCUT2D eigenvalue weighted by Gasteiger charge is -2.12. The van der Waals surface area contributed by atoms with Crippen molar-refractivity contribution in [2.24, 2.45) is 20.0 Å². The Morgan fingerprint density at radius 1 is 0.353 bits per heavy atom. The summed E-state index contributed by atoms with van der Waals surface area (Å²) in [4.78, 5) is 32.2. The molecule has 7 nitrogen and oxygen atoms in total. The third-order valence-electron chi connectivity index (χ3n) is 9.16. The van der Waals surface area contributed by atoms with Crippen LogP contribution >= 0.6 is 0 Å². The summed E-state index contributed by atoms with van der Waals surface area (Å²) in [6, 6.07) is 37.1. The summed E-state index contributed by atoms with van der Waals surface area (Å²) < 4.78 is 0. The molecule has 5 aliphatic rings. The summed E-state index contributed by atoms with van der Waals surface area (Å²) >= 11 is 0. The minimum absolute atomic E-state index is 0.0158. The van der Waals surface area contributed by atoms with Crippen molar-refractivity contribution >= 4 is 50.8 Å². The van der Waals surface area contributed by atoms with E-state index in [4.69, 9.17) is 20.0 Å². The Labute approximate surface area is 294 Å². The van der Waals surface area contributed by atoms with Crippen LogP contribution < -0.4 is 0 Å². The van der Waals surface area contributed by atoms with Crippen LogP contribution in [0.2, 0.25) is 0 Å². The third kappa shape index (κ3) is 5.43. The van der Waals surface area contributed by atoms with E-state index in [1.807, 2.05) is 91.1 Å². The number of hydrogen-bond acceptors (Lipinski definition) is 6. The van der Waals surface area contributed by atoms with Gasteiger partial charge in [-0.05, 0) is 83.0 Å². The second kappa shape index (κ2) is 12.4. The minimum Gasteiger partial charge on any atom is -0.258 e. The van der Waals surface area contributed by atoms with Crippen LogP contribution in [0.15, 0.2) is 207 Å². The second-order valence-electron chi connectivity index (χ2n) is 12.3. The standard InChI is InChI=1S/C44H27N5O2/c50-49(51)32-18-16-31(17-19-32)44-39-26-24-37(47-39)42(29-12-6-2-7-13-29)35-22-20-33(45-35)41(28-10-4-1-5-11-28)34-21-23-36(46-34)43(30-14-8-3-9-15-30)38-25-27-40(44)48-38/h1-27H. The van der Waals surface area contributed by atoms with E-state index in [0.717, 1.165) is 78.8 Å². The molecule has 0 fully saturated rings. The first-order valence-corrected chi connectivity index (χ1v) is 16.6. The van der Waals surface area contributed by atoms with Gasteiger partial charge in [0, 0.05) is 34.4 Å². The molecule has 0 atom stereocenters. The lowest BCUT2D eigenvalue weighted by molar-refractivity contribution is -0.384. The summed E-state index contributed by atoms with van der Waals surface area (Å²) in [6.07, 6.45) is 16.2. The van der Waals surface area contributed by atoms with Crippen molar-refractivity contribution in [3.63, 3.8) is 0 Å². The van der Waals surface area contributed by atoms with Crippen molar-refractivity contribution in [2.75, 3.05) is 0 Å². The molecule has 9 rings (SSSR count). The summed E-state index contributed by atoms with van der Waals surface area (Å²) in [5, 5.41) is 11.6. The van der Waals surface area contributed by atoms with Crippen molar-refractivity contribution in [3.05, 3.63) is 219 Å². The topological polar surface area (TPSA) is 92.6 Å². The number of hydrogen-bond donors (Lipinski definition) is 0. The molecule has 51 heavy (non-hydrogen) atoms. The molecule has 4 aromatic carbocycles. The van der Waals surface area contributed by atoms with Crippen LogP contribution in [0.25, 0.3) is 22.3 Å². The number of rotatable bonds is 5. The van der Waals surface area contributed by atoms with Gasteiger partial charge in [0.25, 0.3) is 5.69 Å². The van der Waals surface area contributed by atoms with Gasteiger partial charge in [-0.25, -0.2) is 20.0 Å². The maximum absolute atomic E-state index is 11.6. The Morgan fingerprint density at radius 2 is 0.627 bits per heavy atom. The first-order chi connectivity index (χ1) is 25.1. The first-order valence-electron chi connectivity index (χ1n) is 16.6. The molecule has 5 heterocycles. The minimum atomic E-state index is -0.393. The SMILES string of the molecule is O=[N+]([O-])c1ccc(C2=C3C=CC(=N3)C(c3ccccc3)=C3C=CC(=N3)C(c3ccccc3)=C3C=CC(=N3)C(c3ccccc3)=C3C=CC2=N3)cc1. The first kappa shape index (κ1) is 30.0. The zero-order chi connectivity index (χ0) is 34.3. The van der Waals surface area contributed by atoms with Crippen LogP contribution in [0.4, 0.5) is 5.69 Å². The van der Waals surface area contributed by atoms with Crippen molar-refractivity contribution in [2.45, 2.75) is 0 Å². The van der Waals surface area contributed by atoms with Gasteiger partial charge >= 0.3 is 0 Å². The van der Waals surface area contributed by atoms with Gasteiger partial charge in [0.2, 0.25) is 0 Å². The lowest BCUT2D eigenvalue weighted by atomic mass is 9.98. The highest BCUT2D eigenvalue weighted by atomic mass is 16.6. The van der Waals surface area contributed by atoms with Crippen molar-refractivity contribution < 1.29 is 4.92 Å². The molecule has 0 radical (unpaired) electrons. The molecule has 0 saturated carbocycles. The lowest BCUT2D eigenvalue weighted by Crippen LogP contribution is -2.03. The van der Waals surface area contributed by atoms with E-state index in [2.05, 4.69) is 48.6 Å². The maximum atomic E-state index is 11.6. The number of benzene rings is 4. The highest BCUT2D eigenvalue weighted by Gasteiger charge is 2.27. The molecule has 7 heteroatoms. The third-order valence-corrected chi connectivity index (χ3v) is 9.16. The fraction of sp³-hybridized carbons (Fsp3) is 0. The Bertz CT molecular complexity index is 2500. The predicted molar refractivity (Wildman–Crippen MR) is 206 cm³/mol. The smallest absolute Gasteiger partial charge is 0.258 e. The molecule has 4 aromatic rings. The van der Waals surface area contributed by atoms with Crippen LogP contribution in [-0.2, 0) is 0 Å². The van der Waals surface area contributed by atoms with Crippen LogP contribution in [0, 0.1) is 10.1 Å². The van der Waals surface area contributed by atoms with Gasteiger partial charge in [0.05, 0.1) is 50.6 Å². The average Bonchev–Trinajstić information content (AvgIpc) is 4.01. The highest BCUT2D eigenvalue weighted by molar-refractivity contribution is 6.39. The summed E-state index contributed by atoms with van der Waals surface area (Å²) in [7, 11) is 0. The summed E-state index contributed by atoms with van der Waals surface area (Å²) in [5.41, 5.74) is 13.3. The zero-order valence-electron chi connectivity index (χ0n) is 27.1. The van der Waals surface area contributed by atoms with Crippen molar-refractivity contribution in [1.29, 1.82) is 0 Å². The van der Waals surface area contributed by atoms with E-state index in [1.165, 1.54) is 12.1 Å². The van der Waals surface area contributed by atoms with Gasteiger partial charge in [-0.3, -0.25) is 10.1 Å². The van der Waals surface area contributed by atoms with Crippen molar-refractivity contribution in [1.82, 2.24) is 0 Å². The fourth-order valence-electron chi connectivity index (χ4n) is 6.83. The van der Waals surface area contributed by atoms with Crippen molar-refractivity contribution in [3.8, 4) is 0 Å². The van der Waals surface area contributed by atoms with Gasteiger partial charge in [-0.1, -0.05) is 91.0 Å². The largest absolute Gasteiger partial charge is 0.269 e. The van der Waals surface area contributed by atoms with E-state index >= 15 is 0 Å². The van der Waals surface area contributed by atoms with E-state index < -0.39 is 4.92 Å². The number of allylic oxidation sites excluding steroid dienone is 12. The number of nitrogens with zero attached hydrogens (tertiary/aromatic N) is 5. The van der Waals surface area contributed by atoms with E-state index in [0.29, 0.717) is 11.4 Å². The number of fused-ring (bicyclic) bond motifs is 4. The normalized spacial score (nSPS) is 17.4. The van der Waals surface area contributed by atoms with Gasteiger partial charge in [0.15, 0.2) is 0 Å². The number of nitro groups is 1. The van der Waals surface area contributed by atoms with Crippen LogP contribution in [0.3, 0.4) is 0 Å². The van der Waals surface area contributed by atoms with E-state index in [-0.39, 0.29) is 5.69 Å². The Hall–Kier alpha value is -7.12. The van der Waals surface area contributed by atoms with Gasteiger partial charge in [-0.2, -0.15) is 0 Å². The zero-order valence-corrected chi connectivity index (χ0v) is 27.1. The fourth-order valence-corrected chi connectivity index (χ4v) is 6.83. The molecule has 8 bridgehead atoms. The van der Waals surface area contributed by atoms with E-state index in [1.54, 1.807) is 12.1 Å². The van der Waals surface area contributed by atoms with Crippen LogP contribution in [0.1, 0.15) is 22.3 Å². The number of non-ortho nitro benzene ring substituents is 1. The molecule has 0 N–H and O–H groups in total. The molecule has 0 amide bonds. The molecule has 0 aliphatic carbocycles. The summed E-state index contributed by atoms with van der Waals surface area (Å²) in [6.45, 7) is 0. The molecule has 5 aliphatic heterocycles. The van der Waals surface area contributed by atoms with Gasteiger partial charge < -0.3 is 0 Å². The van der Waals surface area contributed by atoms with Gasteiger partial charge in [0.1, 0.15) is 0 Å². The maximum Gasteiger partial charge on any atom is 0.269 e. The van der Waals surface area contributed by atoms with Gasteiger partial charge in [-0.15, -0.1) is 0 Å². The molecule has 0 saturated heterocycles. The highest BCUT2D eigenvalue weighted by Crippen LogP contribution is 2.38. The number of aliphatic imine (C=N–C) groups is 4. The average molecular weight is 658 g/mol. The molecular weight excluding hydrogens is 631 g/mol. The molecule has 0 aromatic heterocycles.